The van der Waals surface area contributed by atoms with E-state index < -0.39 is 0 Å². The molecule has 1 atom stereocenters. The summed E-state index contributed by atoms with van der Waals surface area (Å²) in [6.07, 6.45) is 1.03. The molecular weight excluding hydrogens is 136 g/mol. The zero-order valence-electron chi connectivity index (χ0n) is 5.96. The van der Waals surface area contributed by atoms with Gasteiger partial charge in [0, 0.05) is 6.61 Å². The minimum atomic E-state index is -0.0261. The van der Waals surface area contributed by atoms with Crippen molar-refractivity contribution in [1.82, 2.24) is 0 Å². The van der Waals surface area contributed by atoms with Crippen molar-refractivity contribution in [3.8, 4) is 0 Å². The molecule has 0 amide bonds. The van der Waals surface area contributed by atoms with Crippen LogP contribution in [-0.4, -0.2) is 18.8 Å². The molecule has 0 bridgehead atoms. The van der Waals surface area contributed by atoms with Gasteiger partial charge in [-0.1, -0.05) is 6.92 Å². The second-order valence-corrected chi connectivity index (χ2v) is 2.52. The normalized spacial score (nSPS) is 13.7. The van der Waals surface area contributed by atoms with Crippen molar-refractivity contribution in [3.05, 3.63) is 0 Å². The molecule has 1 unspecified atom stereocenters. The molecule has 0 saturated heterocycles. The zero-order chi connectivity index (χ0) is 7.11. The van der Waals surface area contributed by atoms with E-state index >= 15 is 0 Å². The average molecular weight is 150 g/mol. The number of ether oxygens (including phenoxy) is 2. The van der Waals surface area contributed by atoms with Gasteiger partial charge in [0.2, 0.25) is 0 Å². The lowest BCUT2D eigenvalue weighted by Gasteiger charge is -2.05. The van der Waals surface area contributed by atoms with Crippen molar-refractivity contribution in [1.29, 1.82) is 0 Å². The lowest BCUT2D eigenvalue weighted by molar-refractivity contribution is -0.0583. The van der Waals surface area contributed by atoms with E-state index in [9.17, 15) is 0 Å². The summed E-state index contributed by atoms with van der Waals surface area (Å²) in [5.74, 6) is 0. The Morgan fingerprint density at radius 2 is 2.22 bits per heavy atom. The predicted molar refractivity (Wildman–Crippen MR) is 40.6 cm³/mol. The van der Waals surface area contributed by atoms with Crippen LogP contribution in [0.2, 0.25) is 0 Å². The van der Waals surface area contributed by atoms with Crippen molar-refractivity contribution < 1.29 is 9.47 Å². The van der Waals surface area contributed by atoms with Crippen LogP contribution in [0.3, 0.4) is 0 Å². The minimum absolute atomic E-state index is 0.0261. The standard InChI is InChI=1S/C6H14O2S/c1-3-4-7-5-8-6(2)9/h6,9H,3-5H2,1-2H3. The quantitative estimate of drug-likeness (QED) is 0.365. The van der Waals surface area contributed by atoms with Gasteiger partial charge in [0.05, 0.1) is 5.44 Å². The summed E-state index contributed by atoms with van der Waals surface area (Å²) in [5.41, 5.74) is -0.0261. The van der Waals surface area contributed by atoms with Gasteiger partial charge in [-0.2, -0.15) is 0 Å². The van der Waals surface area contributed by atoms with Crippen LogP contribution in [0.1, 0.15) is 20.3 Å². The molecule has 0 saturated carbocycles. The van der Waals surface area contributed by atoms with E-state index in [4.69, 9.17) is 9.47 Å². The number of hydrogen-bond acceptors (Lipinski definition) is 3. The molecule has 2 nitrogen and oxygen atoms in total. The summed E-state index contributed by atoms with van der Waals surface area (Å²) < 4.78 is 10.0. The lowest BCUT2D eigenvalue weighted by Crippen LogP contribution is -2.05. The second kappa shape index (κ2) is 6.39. The monoisotopic (exact) mass is 150 g/mol. The third-order valence-corrected chi connectivity index (χ3v) is 0.890. The second-order valence-electron chi connectivity index (χ2n) is 1.79. The van der Waals surface area contributed by atoms with Crippen LogP contribution in [0.4, 0.5) is 0 Å². The molecule has 56 valence electrons. The fourth-order valence-electron chi connectivity index (χ4n) is 0.350. The fraction of sp³-hybridized carbons (Fsp3) is 1.00. The molecule has 0 heterocycles. The van der Waals surface area contributed by atoms with Crippen molar-refractivity contribution in [2.45, 2.75) is 25.7 Å². The third kappa shape index (κ3) is 8.27. The smallest absolute Gasteiger partial charge is 0.148 e. The SMILES string of the molecule is CCCOCOC(C)S. The van der Waals surface area contributed by atoms with Gasteiger partial charge in [0.15, 0.2) is 0 Å². The number of rotatable bonds is 5. The lowest BCUT2D eigenvalue weighted by atomic mass is 10.5. The highest BCUT2D eigenvalue weighted by atomic mass is 32.1. The highest BCUT2D eigenvalue weighted by Gasteiger charge is 1.90. The van der Waals surface area contributed by atoms with E-state index in [-0.39, 0.29) is 5.44 Å². The highest BCUT2D eigenvalue weighted by Crippen LogP contribution is 1.94. The number of hydrogen-bond donors (Lipinski definition) is 1. The Hall–Kier alpha value is 0.270. The van der Waals surface area contributed by atoms with Gasteiger partial charge in [-0.05, 0) is 13.3 Å². The molecule has 0 N–H and O–H groups in total. The molecule has 0 fully saturated rings. The van der Waals surface area contributed by atoms with E-state index in [1.165, 1.54) is 0 Å². The Morgan fingerprint density at radius 3 is 2.67 bits per heavy atom. The van der Waals surface area contributed by atoms with Gasteiger partial charge in [-0.25, -0.2) is 0 Å². The molecule has 0 radical (unpaired) electrons. The molecule has 0 aliphatic rings. The summed E-state index contributed by atoms with van der Waals surface area (Å²) in [4.78, 5) is 0. The van der Waals surface area contributed by atoms with Gasteiger partial charge in [-0.3, -0.25) is 0 Å². The molecule has 9 heavy (non-hydrogen) atoms. The van der Waals surface area contributed by atoms with Crippen molar-refractivity contribution in [2.24, 2.45) is 0 Å². The first-order valence-corrected chi connectivity index (χ1v) is 3.66. The first kappa shape index (κ1) is 9.27. The Kier molecular flexibility index (Phi) is 6.58. The fourth-order valence-corrected chi connectivity index (χ4v) is 0.411. The molecule has 3 heteroatoms. The Bertz CT molecular complexity index is 57.0. The van der Waals surface area contributed by atoms with Crippen LogP contribution in [-0.2, 0) is 9.47 Å². The topological polar surface area (TPSA) is 18.5 Å². The van der Waals surface area contributed by atoms with E-state index in [0.29, 0.717) is 6.79 Å². The van der Waals surface area contributed by atoms with Gasteiger partial charge in [0.1, 0.15) is 6.79 Å². The van der Waals surface area contributed by atoms with Crippen LogP contribution >= 0.6 is 12.6 Å². The first-order valence-electron chi connectivity index (χ1n) is 3.14. The molecular formula is C6H14O2S. The maximum absolute atomic E-state index is 5.02. The van der Waals surface area contributed by atoms with Crippen LogP contribution in [0.5, 0.6) is 0 Å². The van der Waals surface area contributed by atoms with Crippen LogP contribution in [0.15, 0.2) is 0 Å². The van der Waals surface area contributed by atoms with E-state index in [0.717, 1.165) is 13.0 Å². The van der Waals surface area contributed by atoms with Crippen molar-refractivity contribution in [3.63, 3.8) is 0 Å². The first-order chi connectivity index (χ1) is 4.27. The molecule has 0 aliphatic heterocycles. The van der Waals surface area contributed by atoms with Crippen LogP contribution in [0, 0.1) is 0 Å². The maximum atomic E-state index is 5.02. The van der Waals surface area contributed by atoms with Crippen LogP contribution < -0.4 is 0 Å². The van der Waals surface area contributed by atoms with Gasteiger partial charge >= 0.3 is 0 Å². The molecule has 0 aromatic carbocycles. The summed E-state index contributed by atoms with van der Waals surface area (Å²) in [5, 5.41) is 0. The van der Waals surface area contributed by atoms with Crippen LogP contribution in [0.25, 0.3) is 0 Å². The summed E-state index contributed by atoms with van der Waals surface area (Å²) in [6, 6.07) is 0. The van der Waals surface area contributed by atoms with Gasteiger partial charge in [0.25, 0.3) is 0 Å². The molecule has 0 aromatic rings. The van der Waals surface area contributed by atoms with Crippen molar-refractivity contribution in [2.75, 3.05) is 13.4 Å². The van der Waals surface area contributed by atoms with E-state index in [2.05, 4.69) is 19.6 Å². The predicted octanol–water partition coefficient (Wildman–Crippen LogP) is 1.66. The summed E-state index contributed by atoms with van der Waals surface area (Å²) >= 11 is 4.00. The Labute approximate surface area is 61.9 Å². The zero-order valence-corrected chi connectivity index (χ0v) is 6.86. The summed E-state index contributed by atoms with van der Waals surface area (Å²) in [6.45, 7) is 5.04. The minimum Gasteiger partial charge on any atom is -0.355 e. The average Bonchev–Trinajstić information content (AvgIpc) is 1.80. The number of thiol groups is 1. The highest BCUT2D eigenvalue weighted by molar-refractivity contribution is 7.80. The van der Waals surface area contributed by atoms with Gasteiger partial charge < -0.3 is 9.47 Å². The maximum Gasteiger partial charge on any atom is 0.148 e. The molecule has 0 aliphatic carbocycles. The Balaban J connectivity index is 2.75. The molecule has 0 spiro atoms. The summed E-state index contributed by atoms with van der Waals surface area (Å²) in [7, 11) is 0. The van der Waals surface area contributed by atoms with Crippen molar-refractivity contribution >= 4 is 12.6 Å². The van der Waals surface area contributed by atoms with E-state index in [1.54, 1.807) is 0 Å². The molecule has 0 rings (SSSR count). The van der Waals surface area contributed by atoms with E-state index in [1.807, 2.05) is 6.92 Å². The Morgan fingerprint density at radius 1 is 1.56 bits per heavy atom. The molecule has 0 aromatic heterocycles. The third-order valence-electron chi connectivity index (χ3n) is 0.741. The largest absolute Gasteiger partial charge is 0.355 e. The van der Waals surface area contributed by atoms with Gasteiger partial charge in [-0.15, -0.1) is 12.6 Å².